The molecule has 0 saturated heterocycles. The summed E-state index contributed by atoms with van der Waals surface area (Å²) < 4.78 is 4.63. The summed E-state index contributed by atoms with van der Waals surface area (Å²) in [6.07, 6.45) is 0. The molecule has 3 N–H and O–H groups in total. The van der Waals surface area contributed by atoms with Gasteiger partial charge in [-0.3, -0.25) is 4.79 Å². The average Bonchev–Trinajstić information content (AvgIpc) is 2.35. The standard InChI is InChI=1S/C11H11Cl3N2O3/c1-2-19-11(18)9(15)10(17)16-8-4-6(13)5(12)3-7(8)14/h3-4,9H,2,15H2,1H3,(H,16,17). The number of carbonyl (C=O) groups excluding carboxylic acids is 2. The minimum Gasteiger partial charge on any atom is -0.464 e. The fourth-order valence-corrected chi connectivity index (χ4v) is 1.76. The first-order valence-corrected chi connectivity index (χ1v) is 6.37. The Bertz CT molecular complexity index is 508. The SMILES string of the molecule is CCOC(=O)C(N)C(=O)Nc1cc(Cl)c(Cl)cc1Cl. The number of halogens is 3. The van der Waals surface area contributed by atoms with Gasteiger partial charge in [0.2, 0.25) is 0 Å². The smallest absolute Gasteiger partial charge is 0.332 e. The van der Waals surface area contributed by atoms with Crippen LogP contribution in [-0.4, -0.2) is 24.5 Å². The van der Waals surface area contributed by atoms with E-state index in [0.29, 0.717) is 0 Å². The Morgan fingerprint density at radius 3 is 2.42 bits per heavy atom. The van der Waals surface area contributed by atoms with Gasteiger partial charge >= 0.3 is 5.97 Å². The second kappa shape index (κ2) is 6.96. The largest absolute Gasteiger partial charge is 0.464 e. The molecule has 0 aliphatic heterocycles. The zero-order chi connectivity index (χ0) is 14.6. The molecule has 1 rings (SSSR count). The van der Waals surface area contributed by atoms with E-state index in [-0.39, 0.29) is 27.4 Å². The molecule has 19 heavy (non-hydrogen) atoms. The lowest BCUT2D eigenvalue weighted by atomic mass is 10.2. The molecule has 0 heterocycles. The summed E-state index contributed by atoms with van der Waals surface area (Å²) >= 11 is 17.4. The molecule has 1 aromatic carbocycles. The van der Waals surface area contributed by atoms with Crippen molar-refractivity contribution in [3.8, 4) is 0 Å². The Kier molecular flexibility index (Phi) is 5.87. The highest BCUT2D eigenvalue weighted by Crippen LogP contribution is 2.32. The van der Waals surface area contributed by atoms with Gasteiger partial charge in [0.1, 0.15) is 0 Å². The number of nitrogens with one attached hydrogen (secondary N) is 1. The highest BCUT2D eigenvalue weighted by Gasteiger charge is 2.24. The summed E-state index contributed by atoms with van der Waals surface area (Å²) in [6.45, 7) is 1.74. The van der Waals surface area contributed by atoms with Crippen molar-refractivity contribution in [3.05, 3.63) is 27.2 Å². The lowest BCUT2D eigenvalue weighted by molar-refractivity contribution is -0.146. The Balaban J connectivity index is 2.82. The maximum absolute atomic E-state index is 11.7. The molecule has 0 bridgehead atoms. The summed E-state index contributed by atoms with van der Waals surface area (Å²) in [5, 5.41) is 3.02. The summed E-state index contributed by atoms with van der Waals surface area (Å²) in [4.78, 5) is 23.0. The number of carbonyl (C=O) groups is 2. The molecule has 8 heteroatoms. The van der Waals surface area contributed by atoms with Gasteiger partial charge in [0.25, 0.3) is 5.91 Å². The second-order valence-corrected chi connectivity index (χ2v) is 4.69. The predicted molar refractivity (Wildman–Crippen MR) is 74.7 cm³/mol. The van der Waals surface area contributed by atoms with E-state index in [9.17, 15) is 9.59 Å². The zero-order valence-electron chi connectivity index (χ0n) is 9.88. The Hall–Kier alpha value is -1.01. The summed E-state index contributed by atoms with van der Waals surface area (Å²) in [5.74, 6) is -1.57. The highest BCUT2D eigenvalue weighted by atomic mass is 35.5. The third-order valence-electron chi connectivity index (χ3n) is 2.09. The van der Waals surface area contributed by atoms with Crippen LogP contribution >= 0.6 is 34.8 Å². The Morgan fingerprint density at radius 2 is 1.84 bits per heavy atom. The Labute approximate surface area is 124 Å². The summed E-state index contributed by atoms with van der Waals surface area (Å²) in [7, 11) is 0. The number of rotatable bonds is 4. The summed E-state index contributed by atoms with van der Waals surface area (Å²) in [5.41, 5.74) is 5.63. The number of hydrogen-bond donors (Lipinski definition) is 2. The molecule has 0 aliphatic carbocycles. The molecular formula is C11H11Cl3N2O3. The highest BCUT2D eigenvalue weighted by molar-refractivity contribution is 6.44. The van der Waals surface area contributed by atoms with Crippen molar-refractivity contribution in [2.24, 2.45) is 5.73 Å². The third-order valence-corrected chi connectivity index (χ3v) is 3.13. The first kappa shape index (κ1) is 16.0. The monoisotopic (exact) mass is 324 g/mol. The van der Waals surface area contributed by atoms with Crippen molar-refractivity contribution in [2.75, 3.05) is 11.9 Å². The van der Waals surface area contributed by atoms with Crippen molar-refractivity contribution in [3.63, 3.8) is 0 Å². The summed E-state index contributed by atoms with van der Waals surface area (Å²) in [6, 6.07) is 1.30. The van der Waals surface area contributed by atoms with Crippen LogP contribution in [0.5, 0.6) is 0 Å². The maximum Gasteiger partial charge on any atom is 0.332 e. The first-order chi connectivity index (χ1) is 8.86. The number of amides is 1. The minimum atomic E-state index is -1.44. The van der Waals surface area contributed by atoms with E-state index in [1.165, 1.54) is 12.1 Å². The van der Waals surface area contributed by atoms with Gasteiger partial charge in [-0.1, -0.05) is 34.8 Å². The van der Waals surface area contributed by atoms with E-state index in [4.69, 9.17) is 40.5 Å². The van der Waals surface area contributed by atoms with E-state index in [1.807, 2.05) is 0 Å². The molecule has 1 amide bonds. The van der Waals surface area contributed by atoms with Crippen LogP contribution in [0.2, 0.25) is 15.1 Å². The second-order valence-electron chi connectivity index (χ2n) is 3.47. The molecule has 0 spiro atoms. The molecule has 0 saturated carbocycles. The number of benzene rings is 1. The van der Waals surface area contributed by atoms with Gasteiger partial charge in [-0.05, 0) is 19.1 Å². The number of nitrogens with two attached hydrogens (primary N) is 1. The van der Waals surface area contributed by atoms with Gasteiger partial charge in [-0.2, -0.15) is 0 Å². The zero-order valence-corrected chi connectivity index (χ0v) is 12.1. The predicted octanol–water partition coefficient (Wildman–Crippen LogP) is 2.48. The van der Waals surface area contributed by atoms with Crippen molar-refractivity contribution in [1.29, 1.82) is 0 Å². The number of anilines is 1. The van der Waals surface area contributed by atoms with E-state index < -0.39 is 17.9 Å². The van der Waals surface area contributed by atoms with E-state index in [1.54, 1.807) is 6.92 Å². The minimum absolute atomic E-state index is 0.132. The molecule has 0 radical (unpaired) electrons. The molecule has 1 unspecified atom stereocenters. The molecule has 0 aliphatic rings. The van der Waals surface area contributed by atoms with E-state index >= 15 is 0 Å². The molecule has 1 atom stereocenters. The number of ether oxygens (including phenoxy) is 1. The van der Waals surface area contributed by atoms with Gasteiger partial charge in [0, 0.05) is 0 Å². The van der Waals surface area contributed by atoms with Gasteiger partial charge in [-0.25, -0.2) is 4.79 Å². The average molecular weight is 326 g/mol. The third kappa shape index (κ3) is 4.24. The maximum atomic E-state index is 11.7. The molecule has 0 aromatic heterocycles. The fraction of sp³-hybridized carbons (Fsp3) is 0.273. The van der Waals surface area contributed by atoms with Crippen molar-refractivity contribution in [1.82, 2.24) is 0 Å². The van der Waals surface area contributed by atoms with Crippen LogP contribution in [0.4, 0.5) is 5.69 Å². The topological polar surface area (TPSA) is 81.4 Å². The van der Waals surface area contributed by atoms with Crippen molar-refractivity contribution >= 4 is 52.4 Å². The fourth-order valence-electron chi connectivity index (χ4n) is 1.17. The molecular weight excluding hydrogens is 314 g/mol. The van der Waals surface area contributed by atoms with Crippen molar-refractivity contribution in [2.45, 2.75) is 13.0 Å². The molecule has 0 fully saturated rings. The normalized spacial score (nSPS) is 11.8. The number of hydrogen-bond acceptors (Lipinski definition) is 4. The molecule has 5 nitrogen and oxygen atoms in total. The van der Waals surface area contributed by atoms with Crippen LogP contribution in [0.1, 0.15) is 6.92 Å². The lowest BCUT2D eigenvalue weighted by Crippen LogP contribution is -2.43. The quantitative estimate of drug-likeness (QED) is 0.506. The van der Waals surface area contributed by atoms with Gasteiger partial charge < -0.3 is 15.8 Å². The van der Waals surface area contributed by atoms with Crippen LogP contribution in [0.25, 0.3) is 0 Å². The number of esters is 1. The van der Waals surface area contributed by atoms with Crippen LogP contribution < -0.4 is 11.1 Å². The molecule has 1 aromatic rings. The van der Waals surface area contributed by atoms with Crippen LogP contribution in [-0.2, 0) is 14.3 Å². The van der Waals surface area contributed by atoms with Crippen LogP contribution in [0, 0.1) is 0 Å². The van der Waals surface area contributed by atoms with Crippen LogP contribution in [0.15, 0.2) is 12.1 Å². The van der Waals surface area contributed by atoms with Crippen molar-refractivity contribution < 1.29 is 14.3 Å². The van der Waals surface area contributed by atoms with Gasteiger partial charge in [0.05, 0.1) is 27.4 Å². The van der Waals surface area contributed by atoms with Gasteiger partial charge in [0.15, 0.2) is 6.04 Å². The van der Waals surface area contributed by atoms with Gasteiger partial charge in [-0.15, -0.1) is 0 Å². The molecule has 104 valence electrons. The first-order valence-electron chi connectivity index (χ1n) is 5.24. The Morgan fingerprint density at radius 1 is 1.26 bits per heavy atom. The van der Waals surface area contributed by atoms with Crippen LogP contribution in [0.3, 0.4) is 0 Å². The lowest BCUT2D eigenvalue weighted by Gasteiger charge is -2.12. The van der Waals surface area contributed by atoms with E-state index in [0.717, 1.165) is 0 Å². The van der Waals surface area contributed by atoms with E-state index in [2.05, 4.69) is 10.1 Å².